The van der Waals surface area contributed by atoms with Crippen molar-refractivity contribution in [3.63, 3.8) is 0 Å². The maximum absolute atomic E-state index is 13.1. The van der Waals surface area contributed by atoms with Gasteiger partial charge in [0.2, 0.25) is 0 Å². The highest BCUT2D eigenvalue weighted by atomic mass is 32.1. The number of nitrogens with zero attached hydrogens (tertiary/aromatic N) is 3. The minimum atomic E-state index is -1.26. The van der Waals surface area contributed by atoms with Gasteiger partial charge in [0.1, 0.15) is 10.8 Å². The summed E-state index contributed by atoms with van der Waals surface area (Å²) in [6, 6.07) is 14.4. The Kier molecular flexibility index (Phi) is 5.11. The molecular weight excluding hydrogens is 407 g/mol. The molecular formula is C21H15FN4O3S. The quantitative estimate of drug-likeness (QED) is 0.490. The first-order valence-electron chi connectivity index (χ1n) is 8.82. The third kappa shape index (κ3) is 3.83. The summed E-state index contributed by atoms with van der Waals surface area (Å²) in [6.45, 7) is 0. The van der Waals surface area contributed by atoms with Crippen molar-refractivity contribution >= 4 is 49.9 Å². The van der Waals surface area contributed by atoms with E-state index in [-0.39, 0.29) is 16.3 Å². The van der Waals surface area contributed by atoms with E-state index in [4.69, 9.17) is 0 Å². The molecule has 4 rings (SSSR count). The Hall–Kier alpha value is -3.85. The summed E-state index contributed by atoms with van der Waals surface area (Å²) in [5.41, 5.74) is 1.57. The molecule has 1 amide bonds. The van der Waals surface area contributed by atoms with E-state index >= 15 is 0 Å². The molecule has 0 aliphatic rings. The second kappa shape index (κ2) is 7.88. The van der Waals surface area contributed by atoms with Gasteiger partial charge in [-0.2, -0.15) is 0 Å². The van der Waals surface area contributed by atoms with Crippen molar-refractivity contribution in [2.75, 3.05) is 17.3 Å². The number of benzene rings is 2. The fourth-order valence-corrected chi connectivity index (χ4v) is 3.78. The van der Waals surface area contributed by atoms with E-state index in [2.05, 4.69) is 15.3 Å². The summed E-state index contributed by atoms with van der Waals surface area (Å²) in [4.78, 5) is 34.3. The molecule has 2 N–H and O–H groups in total. The molecule has 2 aromatic carbocycles. The van der Waals surface area contributed by atoms with E-state index in [0.29, 0.717) is 5.13 Å². The topological polar surface area (TPSA) is 95.4 Å². The van der Waals surface area contributed by atoms with Crippen LogP contribution in [0.4, 0.5) is 20.2 Å². The lowest BCUT2D eigenvalue weighted by Gasteiger charge is -2.16. The average Bonchev–Trinajstić information content (AvgIpc) is 3.17. The lowest BCUT2D eigenvalue weighted by molar-refractivity contribution is 0.0692. The van der Waals surface area contributed by atoms with Crippen LogP contribution in [0.5, 0.6) is 0 Å². The molecule has 30 heavy (non-hydrogen) atoms. The Morgan fingerprint density at radius 3 is 2.63 bits per heavy atom. The molecule has 7 nitrogen and oxygen atoms in total. The summed E-state index contributed by atoms with van der Waals surface area (Å²) in [5, 5.41) is 13.5. The Morgan fingerprint density at radius 1 is 1.13 bits per heavy atom. The summed E-state index contributed by atoms with van der Waals surface area (Å²) in [5.74, 6) is -2.28. The van der Waals surface area contributed by atoms with Crippen molar-refractivity contribution in [3.05, 3.63) is 77.9 Å². The molecule has 0 aliphatic heterocycles. The van der Waals surface area contributed by atoms with Crippen LogP contribution in [0.1, 0.15) is 20.8 Å². The Balaban J connectivity index is 1.64. The van der Waals surface area contributed by atoms with Crippen LogP contribution in [0.25, 0.3) is 10.9 Å². The van der Waals surface area contributed by atoms with Crippen molar-refractivity contribution in [2.24, 2.45) is 0 Å². The Morgan fingerprint density at radius 2 is 1.90 bits per heavy atom. The molecule has 0 bridgehead atoms. The summed E-state index contributed by atoms with van der Waals surface area (Å²) < 4.78 is 13.1. The Labute approximate surface area is 174 Å². The van der Waals surface area contributed by atoms with Crippen molar-refractivity contribution in [2.45, 2.75) is 0 Å². The van der Waals surface area contributed by atoms with Gasteiger partial charge in [-0.05, 0) is 48.5 Å². The molecule has 0 saturated heterocycles. The number of nitrogens with one attached hydrogen (secondary N) is 1. The molecule has 0 radical (unpaired) electrons. The van der Waals surface area contributed by atoms with E-state index in [0.717, 1.165) is 40.1 Å². The van der Waals surface area contributed by atoms with Crippen molar-refractivity contribution in [1.82, 2.24) is 9.97 Å². The van der Waals surface area contributed by atoms with E-state index in [9.17, 15) is 19.1 Å². The van der Waals surface area contributed by atoms with Crippen LogP contribution in [-0.2, 0) is 0 Å². The maximum Gasteiger partial charge on any atom is 0.357 e. The van der Waals surface area contributed by atoms with Crippen molar-refractivity contribution < 1.29 is 19.1 Å². The number of halogens is 1. The molecule has 9 heteroatoms. The first kappa shape index (κ1) is 19.5. The molecule has 0 atom stereocenters. The Bertz CT molecular complexity index is 1260. The third-order valence-electron chi connectivity index (χ3n) is 4.41. The second-order valence-electron chi connectivity index (χ2n) is 6.38. The molecule has 0 fully saturated rings. The van der Waals surface area contributed by atoms with Gasteiger partial charge < -0.3 is 15.3 Å². The number of amides is 1. The van der Waals surface area contributed by atoms with Crippen LogP contribution in [0.3, 0.4) is 0 Å². The zero-order valence-electron chi connectivity index (χ0n) is 15.7. The largest absolute Gasteiger partial charge is 0.476 e. The summed E-state index contributed by atoms with van der Waals surface area (Å²) >= 11 is 1.03. The monoisotopic (exact) mass is 422 g/mol. The average molecular weight is 422 g/mol. The molecule has 0 spiro atoms. The number of aromatic carboxylic acids is 1. The number of anilines is 3. The normalized spacial score (nSPS) is 10.7. The van der Waals surface area contributed by atoms with Crippen LogP contribution >= 0.6 is 11.3 Å². The molecule has 2 aromatic heterocycles. The lowest BCUT2D eigenvalue weighted by Crippen LogP contribution is -2.13. The van der Waals surface area contributed by atoms with Gasteiger partial charge in [0, 0.05) is 29.9 Å². The number of carbonyl (C=O) groups is 2. The summed E-state index contributed by atoms with van der Waals surface area (Å²) in [6.07, 6.45) is 1.71. The van der Waals surface area contributed by atoms with Crippen molar-refractivity contribution in [3.8, 4) is 0 Å². The number of rotatable bonds is 5. The zero-order chi connectivity index (χ0) is 21.3. The molecule has 0 unspecified atom stereocenters. The van der Waals surface area contributed by atoms with E-state index < -0.39 is 17.7 Å². The predicted octanol–water partition coefficient (Wildman–Crippen LogP) is 4.55. The molecule has 150 valence electrons. The van der Waals surface area contributed by atoms with Crippen LogP contribution < -0.4 is 10.2 Å². The first-order chi connectivity index (χ1) is 14.4. The van der Waals surface area contributed by atoms with E-state index in [1.807, 2.05) is 30.3 Å². The number of pyridine rings is 1. The predicted molar refractivity (Wildman–Crippen MR) is 113 cm³/mol. The highest BCUT2D eigenvalue weighted by molar-refractivity contribution is 7.20. The van der Waals surface area contributed by atoms with Gasteiger partial charge in [-0.15, -0.1) is 0 Å². The van der Waals surface area contributed by atoms with Gasteiger partial charge in [0.25, 0.3) is 5.91 Å². The number of hydrogen-bond acceptors (Lipinski definition) is 6. The fraction of sp³-hybridized carbons (Fsp3) is 0.0476. The molecule has 0 saturated carbocycles. The van der Waals surface area contributed by atoms with Gasteiger partial charge in [-0.25, -0.2) is 14.2 Å². The van der Waals surface area contributed by atoms with E-state index in [1.165, 1.54) is 12.1 Å². The van der Waals surface area contributed by atoms with Crippen LogP contribution in [-0.4, -0.2) is 34.0 Å². The smallest absolute Gasteiger partial charge is 0.357 e. The highest BCUT2D eigenvalue weighted by Crippen LogP contribution is 2.35. The number of fused-ring (bicyclic) bond motifs is 1. The molecule has 2 heterocycles. The van der Waals surface area contributed by atoms with Crippen LogP contribution in [0.15, 0.2) is 60.8 Å². The van der Waals surface area contributed by atoms with Crippen LogP contribution in [0.2, 0.25) is 0 Å². The standard InChI is InChI=1S/C21H15FN4O3S/c1-26(15-8-9-16-13(11-15)3-2-10-23-16)21-24-17(20(28)29)19(30-21)25-18(27)12-4-6-14(22)7-5-12/h2-11H,1H3,(H,25,27)(H,28,29). The number of carbonyl (C=O) groups excluding carboxylic acids is 1. The summed E-state index contributed by atoms with van der Waals surface area (Å²) in [7, 11) is 1.76. The lowest BCUT2D eigenvalue weighted by atomic mass is 10.2. The second-order valence-corrected chi connectivity index (χ2v) is 7.36. The number of carboxylic acid groups (broad SMARTS) is 1. The third-order valence-corrected chi connectivity index (χ3v) is 5.46. The highest BCUT2D eigenvalue weighted by Gasteiger charge is 2.22. The van der Waals surface area contributed by atoms with Gasteiger partial charge in [-0.3, -0.25) is 9.78 Å². The van der Waals surface area contributed by atoms with Crippen LogP contribution in [0, 0.1) is 5.82 Å². The number of carboxylic acids is 1. The minimum absolute atomic E-state index is 0.0983. The van der Waals surface area contributed by atoms with Gasteiger partial charge in [0.15, 0.2) is 10.8 Å². The van der Waals surface area contributed by atoms with Gasteiger partial charge in [-0.1, -0.05) is 17.4 Å². The number of hydrogen-bond donors (Lipinski definition) is 2. The number of thiazole rings is 1. The zero-order valence-corrected chi connectivity index (χ0v) is 16.5. The van der Waals surface area contributed by atoms with Crippen molar-refractivity contribution in [1.29, 1.82) is 0 Å². The SMILES string of the molecule is CN(c1ccc2ncccc2c1)c1nc(C(=O)O)c(NC(=O)c2ccc(F)cc2)s1. The first-order valence-corrected chi connectivity index (χ1v) is 9.63. The van der Waals surface area contributed by atoms with E-state index in [1.54, 1.807) is 18.1 Å². The maximum atomic E-state index is 13.1. The fourth-order valence-electron chi connectivity index (χ4n) is 2.84. The van der Waals surface area contributed by atoms with Gasteiger partial charge in [0.05, 0.1) is 5.52 Å². The minimum Gasteiger partial charge on any atom is -0.476 e. The van der Waals surface area contributed by atoms with Gasteiger partial charge >= 0.3 is 5.97 Å². The molecule has 0 aliphatic carbocycles. The molecule has 4 aromatic rings. The number of aromatic nitrogens is 2.